The molecule has 1 unspecified atom stereocenters. The number of nitrogens with two attached hydrogens (primary N) is 1. The van der Waals surface area contributed by atoms with Gasteiger partial charge in [0, 0.05) is 25.9 Å². The first kappa shape index (κ1) is 15.2. The highest BCUT2D eigenvalue weighted by Crippen LogP contribution is 2.22. The van der Waals surface area contributed by atoms with Crippen molar-refractivity contribution in [1.29, 1.82) is 0 Å². The Kier molecular flexibility index (Phi) is 4.84. The molecular weight excluding hydrogens is 300 g/mol. The first-order valence-corrected chi connectivity index (χ1v) is 8.48. The van der Waals surface area contributed by atoms with Gasteiger partial charge in [-0.1, -0.05) is 11.2 Å². The predicted molar refractivity (Wildman–Crippen MR) is 84.3 cm³/mol. The number of aromatic nitrogens is 2. The summed E-state index contributed by atoms with van der Waals surface area (Å²) in [5, 5.41) is 5.95. The topological polar surface area (TPSA) is 85.2 Å². The molecule has 118 valence electrons. The molecule has 1 atom stereocenters. The van der Waals surface area contributed by atoms with E-state index in [9.17, 15) is 4.79 Å². The average molecular weight is 320 g/mol. The van der Waals surface area contributed by atoms with E-state index in [1.54, 1.807) is 11.3 Å². The smallest absolute Gasteiger partial charge is 0.226 e. The summed E-state index contributed by atoms with van der Waals surface area (Å²) >= 11 is 1.58. The second-order valence-corrected chi connectivity index (χ2v) is 6.52. The highest BCUT2D eigenvalue weighted by molar-refractivity contribution is 7.13. The number of rotatable bonds is 6. The summed E-state index contributed by atoms with van der Waals surface area (Å²) in [7, 11) is 0. The van der Waals surface area contributed by atoms with Crippen molar-refractivity contribution in [3.8, 4) is 10.7 Å². The molecule has 3 rings (SSSR count). The van der Waals surface area contributed by atoms with Crippen LogP contribution in [-0.2, 0) is 11.2 Å². The molecule has 1 amide bonds. The van der Waals surface area contributed by atoms with Crippen LogP contribution in [-0.4, -0.2) is 40.6 Å². The molecule has 0 spiro atoms. The lowest BCUT2D eigenvalue weighted by Crippen LogP contribution is -2.29. The van der Waals surface area contributed by atoms with Gasteiger partial charge in [0.1, 0.15) is 0 Å². The van der Waals surface area contributed by atoms with Gasteiger partial charge in [-0.2, -0.15) is 4.98 Å². The van der Waals surface area contributed by atoms with Crippen molar-refractivity contribution >= 4 is 17.2 Å². The zero-order valence-corrected chi connectivity index (χ0v) is 13.2. The van der Waals surface area contributed by atoms with Gasteiger partial charge in [-0.3, -0.25) is 4.79 Å². The fraction of sp³-hybridized carbons (Fsp3) is 0.533. The Labute approximate surface area is 133 Å². The summed E-state index contributed by atoms with van der Waals surface area (Å²) < 4.78 is 5.23. The van der Waals surface area contributed by atoms with Gasteiger partial charge in [0.05, 0.1) is 4.88 Å². The summed E-state index contributed by atoms with van der Waals surface area (Å²) in [6, 6.07) is 3.92. The highest BCUT2D eigenvalue weighted by atomic mass is 32.1. The standard InChI is InChI=1S/C15H20N4O2S/c16-9-11-6-7-19(10-11)14(20)5-1-4-13-17-15(18-21-13)12-3-2-8-22-12/h2-3,8,11H,1,4-7,9-10,16H2. The van der Waals surface area contributed by atoms with E-state index >= 15 is 0 Å². The Morgan fingerprint density at radius 3 is 3.18 bits per heavy atom. The first-order valence-electron chi connectivity index (χ1n) is 7.60. The number of likely N-dealkylation sites (tertiary alicyclic amines) is 1. The maximum atomic E-state index is 12.1. The van der Waals surface area contributed by atoms with Gasteiger partial charge in [0.25, 0.3) is 0 Å². The van der Waals surface area contributed by atoms with Gasteiger partial charge in [0.2, 0.25) is 17.6 Å². The van der Waals surface area contributed by atoms with Crippen LogP contribution in [0.15, 0.2) is 22.0 Å². The van der Waals surface area contributed by atoms with E-state index in [2.05, 4.69) is 10.1 Å². The van der Waals surface area contributed by atoms with Gasteiger partial charge < -0.3 is 15.2 Å². The molecule has 7 heteroatoms. The third-order valence-corrected chi connectivity index (χ3v) is 4.83. The summed E-state index contributed by atoms with van der Waals surface area (Å²) in [5.74, 6) is 1.89. The largest absolute Gasteiger partial charge is 0.342 e. The van der Waals surface area contributed by atoms with Gasteiger partial charge >= 0.3 is 0 Å². The van der Waals surface area contributed by atoms with Gasteiger partial charge in [-0.25, -0.2) is 0 Å². The number of nitrogens with zero attached hydrogens (tertiary/aromatic N) is 3. The number of carbonyl (C=O) groups excluding carboxylic acids is 1. The van der Waals surface area contributed by atoms with E-state index in [0.717, 1.165) is 30.8 Å². The molecule has 2 N–H and O–H groups in total. The van der Waals surface area contributed by atoms with E-state index in [-0.39, 0.29) is 5.91 Å². The van der Waals surface area contributed by atoms with Crippen LogP contribution in [0.1, 0.15) is 25.2 Å². The molecule has 1 saturated heterocycles. The molecule has 0 aliphatic carbocycles. The maximum absolute atomic E-state index is 12.1. The molecule has 1 aliphatic heterocycles. The second kappa shape index (κ2) is 7.02. The number of hydrogen-bond donors (Lipinski definition) is 1. The predicted octanol–water partition coefficient (Wildman–Crippen LogP) is 1.93. The average Bonchev–Trinajstić information content (AvgIpc) is 3.27. The Morgan fingerprint density at radius 2 is 2.45 bits per heavy atom. The Bertz CT molecular complexity index is 611. The SMILES string of the molecule is NCC1CCN(C(=O)CCCc2nc(-c3cccs3)no2)C1. The molecule has 0 radical (unpaired) electrons. The van der Waals surface area contributed by atoms with Gasteiger partial charge in [-0.15, -0.1) is 11.3 Å². The van der Waals surface area contributed by atoms with E-state index in [1.165, 1.54) is 0 Å². The van der Waals surface area contributed by atoms with Gasteiger partial charge in [-0.05, 0) is 36.8 Å². The molecule has 2 aromatic heterocycles. The van der Waals surface area contributed by atoms with Crippen molar-refractivity contribution in [3.63, 3.8) is 0 Å². The van der Waals surface area contributed by atoms with E-state index in [1.807, 2.05) is 22.4 Å². The lowest BCUT2D eigenvalue weighted by Gasteiger charge is -2.15. The monoisotopic (exact) mass is 320 g/mol. The fourth-order valence-corrected chi connectivity index (χ4v) is 3.31. The summed E-state index contributed by atoms with van der Waals surface area (Å²) in [6.07, 6.45) is 2.91. The molecular formula is C15H20N4O2S. The van der Waals surface area contributed by atoms with E-state index in [4.69, 9.17) is 10.3 Å². The zero-order valence-electron chi connectivity index (χ0n) is 12.4. The van der Waals surface area contributed by atoms with Crippen molar-refractivity contribution in [1.82, 2.24) is 15.0 Å². The zero-order chi connectivity index (χ0) is 15.4. The van der Waals surface area contributed by atoms with Crippen molar-refractivity contribution < 1.29 is 9.32 Å². The minimum absolute atomic E-state index is 0.203. The molecule has 6 nitrogen and oxygen atoms in total. The van der Waals surface area contributed by atoms with Crippen molar-refractivity contribution in [2.45, 2.75) is 25.7 Å². The molecule has 2 aromatic rings. The lowest BCUT2D eigenvalue weighted by atomic mass is 10.1. The fourth-order valence-electron chi connectivity index (χ4n) is 2.66. The van der Waals surface area contributed by atoms with Crippen LogP contribution in [0.25, 0.3) is 10.7 Å². The number of amides is 1. The quantitative estimate of drug-likeness (QED) is 0.879. The van der Waals surface area contributed by atoms with E-state index < -0.39 is 0 Å². The van der Waals surface area contributed by atoms with Crippen LogP contribution in [0.2, 0.25) is 0 Å². The molecule has 0 bridgehead atoms. The molecule has 0 aromatic carbocycles. The highest BCUT2D eigenvalue weighted by Gasteiger charge is 2.24. The normalized spacial score (nSPS) is 18.0. The first-order chi connectivity index (χ1) is 10.8. The number of thiophene rings is 1. The van der Waals surface area contributed by atoms with Crippen LogP contribution in [0.4, 0.5) is 0 Å². The third kappa shape index (κ3) is 3.53. The summed E-state index contributed by atoms with van der Waals surface area (Å²) in [5.41, 5.74) is 5.65. The van der Waals surface area contributed by atoms with E-state index in [0.29, 0.717) is 37.0 Å². The minimum Gasteiger partial charge on any atom is -0.342 e. The Hall–Kier alpha value is -1.73. The Balaban J connectivity index is 1.44. The lowest BCUT2D eigenvalue weighted by molar-refractivity contribution is -0.130. The Morgan fingerprint density at radius 1 is 1.55 bits per heavy atom. The molecule has 1 fully saturated rings. The van der Waals surface area contributed by atoms with Crippen molar-refractivity contribution in [2.75, 3.05) is 19.6 Å². The van der Waals surface area contributed by atoms with Gasteiger partial charge in [0.15, 0.2) is 0 Å². The van der Waals surface area contributed by atoms with Crippen LogP contribution in [0.3, 0.4) is 0 Å². The van der Waals surface area contributed by atoms with Crippen LogP contribution >= 0.6 is 11.3 Å². The summed E-state index contributed by atoms with van der Waals surface area (Å²) in [6.45, 7) is 2.31. The molecule has 0 saturated carbocycles. The second-order valence-electron chi connectivity index (χ2n) is 5.57. The number of hydrogen-bond acceptors (Lipinski definition) is 6. The maximum Gasteiger partial charge on any atom is 0.226 e. The van der Waals surface area contributed by atoms with Crippen LogP contribution in [0.5, 0.6) is 0 Å². The number of aryl methyl sites for hydroxylation is 1. The summed E-state index contributed by atoms with van der Waals surface area (Å²) in [4.78, 5) is 19.4. The molecule has 3 heterocycles. The third-order valence-electron chi connectivity index (χ3n) is 3.96. The minimum atomic E-state index is 0.203. The van der Waals surface area contributed by atoms with Crippen molar-refractivity contribution in [3.05, 3.63) is 23.4 Å². The van der Waals surface area contributed by atoms with Crippen LogP contribution in [0, 0.1) is 5.92 Å². The molecule has 1 aliphatic rings. The molecule has 22 heavy (non-hydrogen) atoms. The van der Waals surface area contributed by atoms with Crippen LogP contribution < -0.4 is 5.73 Å². The van der Waals surface area contributed by atoms with Crippen molar-refractivity contribution in [2.24, 2.45) is 11.7 Å². The number of carbonyl (C=O) groups is 1.